The lowest BCUT2D eigenvalue weighted by Crippen LogP contribution is -2.39. The van der Waals surface area contributed by atoms with Gasteiger partial charge < -0.3 is 15.1 Å². The molecule has 1 fully saturated rings. The number of oxazole rings is 1. The van der Waals surface area contributed by atoms with Crippen LogP contribution in [0.25, 0.3) is 11.1 Å². The number of piperidine rings is 1. The topological polar surface area (TPSA) is 98.4 Å². The molecule has 1 aromatic heterocycles. The molecule has 0 amide bonds. The van der Waals surface area contributed by atoms with Gasteiger partial charge in [-0.3, -0.25) is 10.1 Å². The summed E-state index contributed by atoms with van der Waals surface area (Å²) in [5.41, 5.74) is 7.05. The van der Waals surface area contributed by atoms with Crippen LogP contribution in [0.1, 0.15) is 19.8 Å². The third-order valence-electron chi connectivity index (χ3n) is 4.13. The van der Waals surface area contributed by atoms with Crippen molar-refractivity contribution in [3.05, 3.63) is 28.3 Å². The van der Waals surface area contributed by atoms with Crippen molar-refractivity contribution in [2.75, 3.05) is 18.0 Å². The molecule has 1 aromatic carbocycles. The van der Waals surface area contributed by atoms with Crippen molar-refractivity contribution in [2.45, 2.75) is 25.8 Å². The molecule has 112 valence electrons. The van der Waals surface area contributed by atoms with E-state index in [9.17, 15) is 10.1 Å². The van der Waals surface area contributed by atoms with Crippen molar-refractivity contribution in [2.24, 2.45) is 11.7 Å². The number of rotatable bonds is 3. The first-order valence-corrected chi connectivity index (χ1v) is 7.10. The van der Waals surface area contributed by atoms with Crippen molar-refractivity contribution in [1.82, 2.24) is 4.98 Å². The normalized spacial score (nSPS) is 18.1. The number of hydrogen-bond acceptors (Lipinski definition) is 6. The fraction of sp³-hybridized carbons (Fsp3) is 0.500. The third kappa shape index (κ3) is 2.69. The fourth-order valence-electron chi connectivity index (χ4n) is 2.77. The fourth-order valence-corrected chi connectivity index (χ4v) is 2.77. The van der Waals surface area contributed by atoms with Gasteiger partial charge >= 0.3 is 0 Å². The molecule has 1 aliphatic rings. The minimum absolute atomic E-state index is 0.0147. The number of non-ortho nitro benzene ring substituents is 1. The van der Waals surface area contributed by atoms with Gasteiger partial charge in [0.15, 0.2) is 5.58 Å². The average Bonchev–Trinajstić information content (AvgIpc) is 2.90. The Balaban J connectivity index is 1.80. The van der Waals surface area contributed by atoms with Crippen LogP contribution in [0.15, 0.2) is 22.6 Å². The lowest BCUT2D eigenvalue weighted by molar-refractivity contribution is -0.384. The number of nitro groups is 1. The Morgan fingerprint density at radius 3 is 2.81 bits per heavy atom. The first-order valence-electron chi connectivity index (χ1n) is 7.10. The van der Waals surface area contributed by atoms with Gasteiger partial charge in [0, 0.05) is 25.2 Å². The van der Waals surface area contributed by atoms with Crippen LogP contribution < -0.4 is 10.6 Å². The maximum Gasteiger partial charge on any atom is 0.298 e. The smallest absolute Gasteiger partial charge is 0.298 e. The van der Waals surface area contributed by atoms with Gasteiger partial charge in [-0.15, -0.1) is 0 Å². The molecular weight excluding hydrogens is 272 g/mol. The zero-order chi connectivity index (χ0) is 15.0. The van der Waals surface area contributed by atoms with Gasteiger partial charge in [-0.25, -0.2) is 0 Å². The summed E-state index contributed by atoms with van der Waals surface area (Å²) in [5, 5.41) is 10.8. The van der Waals surface area contributed by atoms with Crippen molar-refractivity contribution >= 4 is 22.8 Å². The largest absolute Gasteiger partial charge is 0.423 e. The number of aromatic nitrogens is 1. The van der Waals surface area contributed by atoms with E-state index in [0.717, 1.165) is 25.9 Å². The molecule has 0 spiro atoms. The second kappa shape index (κ2) is 5.33. The van der Waals surface area contributed by atoms with Crippen LogP contribution in [-0.4, -0.2) is 29.0 Å². The van der Waals surface area contributed by atoms with Crippen LogP contribution in [0, 0.1) is 16.0 Å². The van der Waals surface area contributed by atoms with Gasteiger partial charge in [0.2, 0.25) is 0 Å². The summed E-state index contributed by atoms with van der Waals surface area (Å²) in [7, 11) is 0. The number of nitro benzene ring substituents is 1. The quantitative estimate of drug-likeness (QED) is 0.688. The van der Waals surface area contributed by atoms with E-state index < -0.39 is 4.92 Å². The van der Waals surface area contributed by atoms with Gasteiger partial charge in [-0.05, 0) is 31.7 Å². The molecule has 0 saturated carbocycles. The summed E-state index contributed by atoms with van der Waals surface area (Å²) in [4.78, 5) is 16.8. The number of nitrogens with zero attached hydrogens (tertiary/aromatic N) is 3. The highest BCUT2D eigenvalue weighted by molar-refractivity contribution is 5.77. The molecule has 3 rings (SSSR count). The lowest BCUT2D eigenvalue weighted by atomic mass is 9.91. The predicted molar refractivity (Wildman–Crippen MR) is 79.2 cm³/mol. The maximum atomic E-state index is 10.8. The molecule has 7 nitrogen and oxygen atoms in total. The van der Waals surface area contributed by atoms with E-state index in [1.165, 1.54) is 12.1 Å². The zero-order valence-electron chi connectivity index (χ0n) is 11.9. The Morgan fingerprint density at radius 2 is 2.19 bits per heavy atom. The monoisotopic (exact) mass is 290 g/mol. The molecule has 0 aliphatic carbocycles. The molecule has 1 saturated heterocycles. The number of anilines is 1. The number of fused-ring (bicyclic) bond motifs is 1. The summed E-state index contributed by atoms with van der Waals surface area (Å²) in [6.45, 7) is 3.74. The average molecular weight is 290 g/mol. The summed E-state index contributed by atoms with van der Waals surface area (Å²) < 4.78 is 5.67. The molecule has 21 heavy (non-hydrogen) atoms. The number of hydrogen-bond donors (Lipinski definition) is 1. The maximum absolute atomic E-state index is 10.8. The van der Waals surface area contributed by atoms with Crippen molar-refractivity contribution in [1.29, 1.82) is 0 Å². The zero-order valence-corrected chi connectivity index (χ0v) is 11.9. The molecular formula is C14H18N4O3. The second-order valence-electron chi connectivity index (χ2n) is 5.59. The Morgan fingerprint density at radius 1 is 1.48 bits per heavy atom. The molecule has 0 radical (unpaired) electrons. The molecule has 2 aromatic rings. The molecule has 2 heterocycles. The molecule has 1 aliphatic heterocycles. The highest BCUT2D eigenvalue weighted by atomic mass is 16.6. The van der Waals surface area contributed by atoms with Gasteiger partial charge in [0.1, 0.15) is 5.52 Å². The van der Waals surface area contributed by atoms with E-state index in [1.807, 2.05) is 6.92 Å². The van der Waals surface area contributed by atoms with Crippen LogP contribution in [0.5, 0.6) is 0 Å². The van der Waals surface area contributed by atoms with Gasteiger partial charge in [-0.1, -0.05) is 0 Å². The van der Waals surface area contributed by atoms with Gasteiger partial charge in [0.25, 0.3) is 11.7 Å². The predicted octanol–water partition coefficient (Wildman–Crippen LogP) is 2.30. The Hall–Kier alpha value is -2.15. The highest BCUT2D eigenvalue weighted by Gasteiger charge is 2.25. The molecule has 7 heteroatoms. The van der Waals surface area contributed by atoms with Crippen LogP contribution in [-0.2, 0) is 0 Å². The Bertz CT molecular complexity index is 659. The first-order chi connectivity index (χ1) is 10.0. The van der Waals surface area contributed by atoms with E-state index in [1.54, 1.807) is 6.07 Å². The van der Waals surface area contributed by atoms with Crippen molar-refractivity contribution in [3.8, 4) is 0 Å². The van der Waals surface area contributed by atoms with E-state index in [0.29, 0.717) is 23.0 Å². The van der Waals surface area contributed by atoms with E-state index in [2.05, 4.69) is 9.88 Å². The van der Waals surface area contributed by atoms with Crippen LogP contribution >= 0.6 is 0 Å². The lowest BCUT2D eigenvalue weighted by Gasteiger charge is -2.32. The first kappa shape index (κ1) is 13.8. The van der Waals surface area contributed by atoms with Gasteiger partial charge in [-0.2, -0.15) is 4.98 Å². The summed E-state index contributed by atoms with van der Waals surface area (Å²) in [6, 6.07) is 5.22. The Kier molecular flexibility index (Phi) is 3.50. The summed E-state index contributed by atoms with van der Waals surface area (Å²) in [5.74, 6) is 0.534. The van der Waals surface area contributed by atoms with E-state index in [-0.39, 0.29) is 11.7 Å². The number of benzene rings is 1. The van der Waals surface area contributed by atoms with Crippen molar-refractivity contribution in [3.63, 3.8) is 0 Å². The Labute approximate surface area is 121 Å². The van der Waals surface area contributed by atoms with Crippen LogP contribution in [0.2, 0.25) is 0 Å². The SMILES string of the molecule is CC(N)C1CCN(c2nc3ccc([N+](=O)[O-])cc3o2)CC1. The molecule has 0 bridgehead atoms. The van der Waals surface area contributed by atoms with Crippen LogP contribution in [0.4, 0.5) is 11.7 Å². The molecule has 1 unspecified atom stereocenters. The van der Waals surface area contributed by atoms with E-state index >= 15 is 0 Å². The minimum Gasteiger partial charge on any atom is -0.423 e. The summed E-state index contributed by atoms with van der Waals surface area (Å²) in [6.07, 6.45) is 2.02. The highest BCUT2D eigenvalue weighted by Crippen LogP contribution is 2.28. The third-order valence-corrected chi connectivity index (χ3v) is 4.13. The standard InChI is InChI=1S/C14H18N4O3/c1-9(15)10-4-6-17(7-5-10)14-16-12-3-2-11(18(19)20)8-13(12)21-14/h2-3,8-10H,4-7,15H2,1H3. The number of nitrogens with two attached hydrogens (primary N) is 1. The summed E-state index contributed by atoms with van der Waals surface area (Å²) >= 11 is 0. The minimum atomic E-state index is -0.435. The molecule has 2 N–H and O–H groups in total. The van der Waals surface area contributed by atoms with E-state index in [4.69, 9.17) is 10.2 Å². The van der Waals surface area contributed by atoms with Crippen molar-refractivity contribution < 1.29 is 9.34 Å². The second-order valence-corrected chi connectivity index (χ2v) is 5.59. The van der Waals surface area contributed by atoms with Gasteiger partial charge in [0.05, 0.1) is 11.0 Å². The molecule has 1 atom stereocenters. The van der Waals surface area contributed by atoms with Crippen LogP contribution in [0.3, 0.4) is 0 Å².